The highest BCUT2D eigenvalue weighted by Crippen LogP contribution is 2.28. The molecule has 6 heteroatoms. The van der Waals surface area contributed by atoms with E-state index in [0.29, 0.717) is 51.0 Å². The van der Waals surface area contributed by atoms with Gasteiger partial charge in [0.2, 0.25) is 5.91 Å². The van der Waals surface area contributed by atoms with Crippen LogP contribution in [0.3, 0.4) is 0 Å². The van der Waals surface area contributed by atoms with Crippen LogP contribution in [0.15, 0.2) is 11.1 Å². The largest absolute Gasteiger partial charge is 0.478 e. The number of carbonyl (C=O) groups excluding carboxylic acids is 2. The molecule has 2 rings (SSSR count). The van der Waals surface area contributed by atoms with E-state index in [4.69, 9.17) is 4.74 Å². The van der Waals surface area contributed by atoms with E-state index in [-0.39, 0.29) is 23.4 Å². The monoisotopic (exact) mass is 309 g/mol. The number of nitrogens with zero attached hydrogens (tertiary/aromatic N) is 1. The second-order valence-corrected chi connectivity index (χ2v) is 5.79. The number of carboxylic acids is 1. The maximum Gasteiger partial charge on any atom is 0.332 e. The minimum absolute atomic E-state index is 0.150. The molecule has 0 radical (unpaired) electrons. The number of ether oxygens (including phenoxy) is 1. The Morgan fingerprint density at radius 3 is 2.27 bits per heavy atom. The van der Waals surface area contributed by atoms with E-state index in [1.807, 2.05) is 0 Å². The molecule has 1 aliphatic heterocycles. The van der Waals surface area contributed by atoms with Gasteiger partial charge in [-0.3, -0.25) is 9.59 Å². The molecule has 0 atom stereocenters. The van der Waals surface area contributed by atoms with Crippen molar-refractivity contribution in [2.45, 2.75) is 45.4 Å². The van der Waals surface area contributed by atoms with Gasteiger partial charge in [-0.15, -0.1) is 0 Å². The van der Waals surface area contributed by atoms with Gasteiger partial charge in [0, 0.05) is 24.2 Å². The molecule has 1 amide bonds. The molecule has 0 aromatic carbocycles. The normalized spacial score (nSPS) is 20.0. The summed E-state index contributed by atoms with van der Waals surface area (Å²) in [5, 5.41) is 9.24. The van der Waals surface area contributed by atoms with Crippen molar-refractivity contribution in [1.29, 1.82) is 0 Å². The van der Waals surface area contributed by atoms with Gasteiger partial charge in [0.05, 0.1) is 12.5 Å². The first-order valence-corrected chi connectivity index (χ1v) is 7.95. The van der Waals surface area contributed by atoms with E-state index < -0.39 is 5.97 Å². The van der Waals surface area contributed by atoms with Gasteiger partial charge in [-0.1, -0.05) is 0 Å². The van der Waals surface area contributed by atoms with Crippen LogP contribution in [-0.2, 0) is 19.1 Å². The first kappa shape index (κ1) is 16.5. The topological polar surface area (TPSA) is 83.9 Å². The van der Waals surface area contributed by atoms with Crippen molar-refractivity contribution in [1.82, 2.24) is 4.90 Å². The number of likely N-dealkylation sites (tertiary alicyclic amines) is 1. The van der Waals surface area contributed by atoms with Crippen molar-refractivity contribution in [2.24, 2.45) is 5.92 Å². The van der Waals surface area contributed by atoms with E-state index in [2.05, 4.69) is 0 Å². The number of carboxylic acid groups (broad SMARTS) is 1. The van der Waals surface area contributed by atoms with Crippen molar-refractivity contribution >= 4 is 17.8 Å². The molecule has 1 aliphatic carbocycles. The molecule has 22 heavy (non-hydrogen) atoms. The summed E-state index contributed by atoms with van der Waals surface area (Å²) in [6, 6.07) is 0. The van der Waals surface area contributed by atoms with Crippen LogP contribution in [0.4, 0.5) is 0 Å². The van der Waals surface area contributed by atoms with Crippen molar-refractivity contribution in [3.8, 4) is 0 Å². The highest BCUT2D eigenvalue weighted by atomic mass is 16.5. The predicted octanol–water partition coefficient (Wildman–Crippen LogP) is 1.74. The molecule has 1 saturated heterocycles. The Morgan fingerprint density at radius 2 is 1.73 bits per heavy atom. The molecule has 1 N–H and O–H groups in total. The predicted molar refractivity (Wildman–Crippen MR) is 79.1 cm³/mol. The molecule has 122 valence electrons. The van der Waals surface area contributed by atoms with E-state index in [1.165, 1.54) is 0 Å². The van der Waals surface area contributed by atoms with Crippen molar-refractivity contribution in [2.75, 3.05) is 19.7 Å². The lowest BCUT2D eigenvalue weighted by molar-refractivity contribution is -0.150. The Labute approximate surface area is 130 Å². The smallest absolute Gasteiger partial charge is 0.332 e. The van der Waals surface area contributed by atoms with Gasteiger partial charge >= 0.3 is 11.9 Å². The van der Waals surface area contributed by atoms with Gasteiger partial charge in [-0.2, -0.15) is 0 Å². The van der Waals surface area contributed by atoms with Gasteiger partial charge in [0.1, 0.15) is 0 Å². The first-order valence-electron chi connectivity index (χ1n) is 7.95. The number of aliphatic carboxylic acids is 1. The van der Waals surface area contributed by atoms with Gasteiger partial charge in [-0.25, -0.2) is 4.79 Å². The number of esters is 1. The second kappa shape index (κ2) is 7.42. The second-order valence-electron chi connectivity index (χ2n) is 5.79. The van der Waals surface area contributed by atoms with Crippen LogP contribution in [0.25, 0.3) is 0 Å². The first-order chi connectivity index (χ1) is 10.5. The number of rotatable bonds is 4. The fraction of sp³-hybridized carbons (Fsp3) is 0.688. The highest BCUT2D eigenvalue weighted by molar-refractivity contribution is 6.02. The van der Waals surface area contributed by atoms with Crippen molar-refractivity contribution in [3.05, 3.63) is 11.1 Å². The zero-order chi connectivity index (χ0) is 16.1. The van der Waals surface area contributed by atoms with E-state index in [0.717, 1.165) is 12.8 Å². The minimum atomic E-state index is -0.982. The summed E-state index contributed by atoms with van der Waals surface area (Å²) in [4.78, 5) is 37.2. The maximum atomic E-state index is 12.6. The van der Waals surface area contributed by atoms with Crippen LogP contribution in [-0.4, -0.2) is 47.5 Å². The minimum Gasteiger partial charge on any atom is -0.478 e. The summed E-state index contributed by atoms with van der Waals surface area (Å²) in [6.07, 6.45) is 3.86. The third kappa shape index (κ3) is 3.67. The molecule has 0 saturated carbocycles. The SMILES string of the molecule is CCOC(=O)C1CCN(C(=O)C2=C(C(=O)O)CCCC2)CC1. The van der Waals surface area contributed by atoms with Crippen LogP contribution in [0.2, 0.25) is 0 Å². The lowest BCUT2D eigenvalue weighted by atomic mass is 9.89. The molecule has 0 aromatic rings. The Bertz CT molecular complexity index is 489. The van der Waals surface area contributed by atoms with Gasteiger partial charge in [0.15, 0.2) is 0 Å². The van der Waals surface area contributed by atoms with Crippen molar-refractivity contribution in [3.63, 3.8) is 0 Å². The van der Waals surface area contributed by atoms with E-state index >= 15 is 0 Å². The average molecular weight is 309 g/mol. The number of piperidine rings is 1. The Hall–Kier alpha value is -1.85. The number of amides is 1. The molecule has 2 aliphatic rings. The third-order valence-electron chi connectivity index (χ3n) is 4.39. The summed E-state index contributed by atoms with van der Waals surface area (Å²) in [5.74, 6) is -1.50. The van der Waals surface area contributed by atoms with Crippen LogP contribution < -0.4 is 0 Å². The quantitative estimate of drug-likeness (QED) is 0.800. The third-order valence-corrected chi connectivity index (χ3v) is 4.39. The van der Waals surface area contributed by atoms with Crippen LogP contribution >= 0.6 is 0 Å². The lowest BCUT2D eigenvalue weighted by Crippen LogP contribution is -2.42. The number of hydrogen-bond acceptors (Lipinski definition) is 4. The summed E-state index contributed by atoms with van der Waals surface area (Å²) < 4.78 is 5.01. The van der Waals surface area contributed by atoms with Crippen molar-refractivity contribution < 1.29 is 24.2 Å². The molecular weight excluding hydrogens is 286 g/mol. The van der Waals surface area contributed by atoms with E-state index in [9.17, 15) is 19.5 Å². The standard InChI is InChI=1S/C16H23NO5/c1-2-22-16(21)11-7-9-17(10-8-11)14(18)12-5-3-4-6-13(12)15(19)20/h11H,2-10H2,1H3,(H,19,20). The lowest BCUT2D eigenvalue weighted by Gasteiger charge is -2.32. The van der Waals surface area contributed by atoms with Gasteiger partial charge in [0.25, 0.3) is 0 Å². The number of hydrogen-bond donors (Lipinski definition) is 1. The van der Waals surface area contributed by atoms with Crippen LogP contribution in [0, 0.1) is 5.92 Å². The summed E-state index contributed by atoms with van der Waals surface area (Å²) in [6.45, 7) is 3.11. The summed E-state index contributed by atoms with van der Waals surface area (Å²) in [7, 11) is 0. The molecule has 0 unspecified atom stereocenters. The molecular formula is C16H23NO5. The summed E-state index contributed by atoms with van der Waals surface area (Å²) in [5.41, 5.74) is 0.720. The fourth-order valence-electron chi connectivity index (χ4n) is 3.15. The molecule has 1 fully saturated rings. The Kier molecular flexibility index (Phi) is 5.57. The zero-order valence-corrected chi connectivity index (χ0v) is 13.0. The Balaban J connectivity index is 2.00. The van der Waals surface area contributed by atoms with Gasteiger partial charge in [-0.05, 0) is 45.4 Å². The molecule has 0 spiro atoms. The molecule has 1 heterocycles. The van der Waals surface area contributed by atoms with Gasteiger partial charge < -0.3 is 14.7 Å². The average Bonchev–Trinajstić information content (AvgIpc) is 2.54. The summed E-state index contributed by atoms with van der Waals surface area (Å²) >= 11 is 0. The molecule has 6 nitrogen and oxygen atoms in total. The van der Waals surface area contributed by atoms with E-state index in [1.54, 1.807) is 11.8 Å². The Morgan fingerprint density at radius 1 is 1.14 bits per heavy atom. The molecule has 0 aromatic heterocycles. The molecule has 0 bridgehead atoms. The highest BCUT2D eigenvalue weighted by Gasteiger charge is 2.31. The van der Waals surface area contributed by atoms with Crippen LogP contribution in [0.5, 0.6) is 0 Å². The number of carbonyl (C=O) groups is 3. The van der Waals surface area contributed by atoms with Crippen LogP contribution in [0.1, 0.15) is 45.4 Å². The fourth-order valence-corrected chi connectivity index (χ4v) is 3.15. The maximum absolute atomic E-state index is 12.6. The zero-order valence-electron chi connectivity index (χ0n) is 13.0.